The molecule has 2 aromatic carbocycles. The maximum Gasteiger partial charge on any atom is 0.262 e. The van der Waals surface area contributed by atoms with Crippen LogP contribution in [0.4, 0.5) is 5.69 Å². The van der Waals surface area contributed by atoms with Crippen molar-refractivity contribution in [2.75, 3.05) is 4.72 Å². The summed E-state index contributed by atoms with van der Waals surface area (Å²) in [4.78, 5) is 0.0315. The number of sulfonamides is 1. The number of phenolic OH excluding ortho intramolecular Hbond substituents is 1. The molecule has 0 radical (unpaired) electrons. The van der Waals surface area contributed by atoms with Crippen molar-refractivity contribution in [1.82, 2.24) is 0 Å². The predicted molar refractivity (Wildman–Crippen MR) is 70.1 cm³/mol. The lowest BCUT2D eigenvalue weighted by Gasteiger charge is -2.08. The van der Waals surface area contributed by atoms with Gasteiger partial charge in [0, 0.05) is 11.8 Å². The van der Waals surface area contributed by atoms with Crippen molar-refractivity contribution in [1.29, 1.82) is 0 Å². The lowest BCUT2D eigenvalue weighted by Crippen LogP contribution is -2.12. The van der Waals surface area contributed by atoms with E-state index in [9.17, 15) is 13.5 Å². The molecule has 0 aliphatic rings. The zero-order chi connectivity index (χ0) is 13.2. The summed E-state index contributed by atoms with van der Waals surface area (Å²) in [5, 5.41) is 9.29. The van der Waals surface area contributed by atoms with Crippen LogP contribution in [0.15, 0.2) is 53.4 Å². The molecule has 0 aliphatic heterocycles. The van der Waals surface area contributed by atoms with Gasteiger partial charge in [-0.15, -0.1) is 0 Å². The first kappa shape index (κ1) is 12.4. The Morgan fingerprint density at radius 1 is 1.06 bits per heavy atom. The first-order chi connectivity index (χ1) is 8.47. The highest BCUT2D eigenvalue weighted by molar-refractivity contribution is 7.92. The largest absolute Gasteiger partial charge is 0.508 e. The molecule has 0 saturated carbocycles. The van der Waals surface area contributed by atoms with Crippen LogP contribution >= 0.6 is 0 Å². The van der Waals surface area contributed by atoms with Crippen molar-refractivity contribution in [2.24, 2.45) is 0 Å². The second-order valence-electron chi connectivity index (χ2n) is 3.97. The van der Waals surface area contributed by atoms with Gasteiger partial charge >= 0.3 is 0 Å². The van der Waals surface area contributed by atoms with Gasteiger partial charge in [0.25, 0.3) is 10.0 Å². The minimum absolute atomic E-state index is 0.0315. The van der Waals surface area contributed by atoms with Gasteiger partial charge in [-0.1, -0.05) is 18.2 Å². The molecule has 4 nitrogen and oxygen atoms in total. The second-order valence-corrected chi connectivity index (χ2v) is 5.65. The molecule has 0 saturated heterocycles. The van der Waals surface area contributed by atoms with E-state index in [1.807, 2.05) is 13.0 Å². The molecule has 0 spiro atoms. The Bertz CT molecular complexity index is 665. The van der Waals surface area contributed by atoms with E-state index in [2.05, 4.69) is 4.72 Å². The second kappa shape index (κ2) is 4.70. The molecular formula is C13H13NO3S. The monoisotopic (exact) mass is 263 g/mol. The van der Waals surface area contributed by atoms with Crippen LogP contribution in [0.1, 0.15) is 5.56 Å². The molecular weight excluding hydrogens is 250 g/mol. The van der Waals surface area contributed by atoms with Crippen LogP contribution in [0, 0.1) is 6.92 Å². The molecule has 18 heavy (non-hydrogen) atoms. The van der Waals surface area contributed by atoms with Gasteiger partial charge in [0.1, 0.15) is 5.75 Å². The van der Waals surface area contributed by atoms with Gasteiger partial charge in [-0.3, -0.25) is 4.72 Å². The lowest BCUT2D eigenvalue weighted by atomic mass is 10.2. The Kier molecular flexibility index (Phi) is 3.25. The van der Waals surface area contributed by atoms with Crippen molar-refractivity contribution >= 4 is 15.7 Å². The van der Waals surface area contributed by atoms with Crippen molar-refractivity contribution in [3.63, 3.8) is 0 Å². The third-order valence-corrected chi connectivity index (χ3v) is 3.78. The van der Waals surface area contributed by atoms with Gasteiger partial charge in [-0.2, -0.15) is 0 Å². The average molecular weight is 263 g/mol. The van der Waals surface area contributed by atoms with Gasteiger partial charge in [0.2, 0.25) is 0 Å². The molecule has 0 fully saturated rings. The van der Waals surface area contributed by atoms with Crippen LogP contribution in [-0.2, 0) is 10.0 Å². The number of hydrogen-bond donors (Lipinski definition) is 2. The van der Waals surface area contributed by atoms with E-state index in [-0.39, 0.29) is 10.6 Å². The Balaban J connectivity index is 2.33. The Morgan fingerprint density at radius 2 is 1.78 bits per heavy atom. The molecule has 0 atom stereocenters. The highest BCUT2D eigenvalue weighted by atomic mass is 32.2. The molecule has 0 aromatic heterocycles. The minimum atomic E-state index is -3.66. The van der Waals surface area contributed by atoms with E-state index >= 15 is 0 Å². The van der Waals surface area contributed by atoms with Gasteiger partial charge in [0.05, 0.1) is 4.90 Å². The zero-order valence-corrected chi connectivity index (χ0v) is 10.6. The smallest absolute Gasteiger partial charge is 0.262 e. The van der Waals surface area contributed by atoms with E-state index in [0.717, 1.165) is 5.56 Å². The normalized spacial score (nSPS) is 11.2. The fraction of sp³-hybridized carbons (Fsp3) is 0.0769. The molecule has 0 bridgehead atoms. The first-order valence-electron chi connectivity index (χ1n) is 5.36. The Hall–Kier alpha value is -2.01. The van der Waals surface area contributed by atoms with E-state index in [0.29, 0.717) is 5.69 Å². The van der Waals surface area contributed by atoms with Crippen molar-refractivity contribution < 1.29 is 13.5 Å². The first-order valence-corrected chi connectivity index (χ1v) is 6.84. The summed E-state index contributed by atoms with van der Waals surface area (Å²) in [6.07, 6.45) is 0. The molecule has 0 aliphatic carbocycles. The molecule has 0 unspecified atom stereocenters. The van der Waals surface area contributed by atoms with Gasteiger partial charge in [-0.05, 0) is 36.8 Å². The maximum absolute atomic E-state index is 12.0. The number of benzene rings is 2. The van der Waals surface area contributed by atoms with Crippen LogP contribution in [-0.4, -0.2) is 13.5 Å². The van der Waals surface area contributed by atoms with Crippen LogP contribution in [0.2, 0.25) is 0 Å². The molecule has 5 heteroatoms. The predicted octanol–water partition coefficient (Wildman–Crippen LogP) is 2.50. The summed E-state index contributed by atoms with van der Waals surface area (Å²) in [6, 6.07) is 12.6. The number of hydrogen-bond acceptors (Lipinski definition) is 3. The van der Waals surface area contributed by atoms with Crippen molar-refractivity contribution in [2.45, 2.75) is 11.8 Å². The molecule has 0 amide bonds. The van der Waals surface area contributed by atoms with Crippen molar-refractivity contribution in [3.8, 4) is 5.75 Å². The Morgan fingerprint density at radius 3 is 2.44 bits per heavy atom. The Labute approximate surface area is 106 Å². The number of aryl methyl sites for hydroxylation is 1. The summed E-state index contributed by atoms with van der Waals surface area (Å²) in [6.45, 7) is 1.88. The van der Waals surface area contributed by atoms with Crippen molar-refractivity contribution in [3.05, 3.63) is 54.1 Å². The SMILES string of the molecule is Cc1cccc(NS(=O)(=O)c2cccc(O)c2)c1. The fourth-order valence-corrected chi connectivity index (χ4v) is 2.66. The van der Waals surface area contributed by atoms with Gasteiger partial charge in [-0.25, -0.2) is 8.42 Å². The average Bonchev–Trinajstić information content (AvgIpc) is 2.28. The molecule has 0 heterocycles. The summed E-state index contributed by atoms with van der Waals surface area (Å²) >= 11 is 0. The summed E-state index contributed by atoms with van der Waals surface area (Å²) in [7, 11) is -3.66. The minimum Gasteiger partial charge on any atom is -0.508 e. The van der Waals surface area contributed by atoms with E-state index in [4.69, 9.17) is 0 Å². The standard InChI is InChI=1S/C13H13NO3S/c1-10-4-2-5-11(8-10)14-18(16,17)13-7-3-6-12(15)9-13/h2-9,14-15H,1H3. The molecule has 2 N–H and O–H groups in total. The number of nitrogens with one attached hydrogen (secondary N) is 1. The molecule has 94 valence electrons. The zero-order valence-electron chi connectivity index (χ0n) is 9.79. The number of rotatable bonds is 3. The number of anilines is 1. The topological polar surface area (TPSA) is 66.4 Å². The van der Waals surface area contributed by atoms with Crippen LogP contribution in [0.3, 0.4) is 0 Å². The third-order valence-electron chi connectivity index (χ3n) is 2.40. The summed E-state index contributed by atoms with van der Waals surface area (Å²) in [5.41, 5.74) is 1.46. The fourth-order valence-electron chi connectivity index (χ4n) is 1.57. The number of phenols is 1. The van der Waals surface area contributed by atoms with E-state index < -0.39 is 10.0 Å². The van der Waals surface area contributed by atoms with Gasteiger partial charge < -0.3 is 5.11 Å². The summed E-state index contributed by atoms with van der Waals surface area (Å²) < 4.78 is 26.5. The molecule has 2 aromatic rings. The maximum atomic E-state index is 12.0. The highest BCUT2D eigenvalue weighted by Crippen LogP contribution is 2.19. The van der Waals surface area contributed by atoms with Crippen LogP contribution in [0.5, 0.6) is 5.75 Å². The highest BCUT2D eigenvalue weighted by Gasteiger charge is 2.14. The lowest BCUT2D eigenvalue weighted by molar-refractivity contribution is 0.473. The van der Waals surface area contributed by atoms with E-state index in [1.54, 1.807) is 18.2 Å². The summed E-state index contributed by atoms with van der Waals surface area (Å²) in [5.74, 6) is -0.0814. The third kappa shape index (κ3) is 2.81. The van der Waals surface area contributed by atoms with Crippen LogP contribution < -0.4 is 4.72 Å². The van der Waals surface area contributed by atoms with Gasteiger partial charge in [0.15, 0.2) is 0 Å². The quantitative estimate of drug-likeness (QED) is 0.894. The number of aromatic hydroxyl groups is 1. The van der Waals surface area contributed by atoms with Crippen LogP contribution in [0.25, 0.3) is 0 Å². The van der Waals surface area contributed by atoms with E-state index in [1.165, 1.54) is 24.3 Å². The molecule has 2 rings (SSSR count).